The van der Waals surface area contributed by atoms with E-state index < -0.39 is 0 Å². The summed E-state index contributed by atoms with van der Waals surface area (Å²) in [4.78, 5) is 12.1. The van der Waals surface area contributed by atoms with Crippen molar-refractivity contribution in [2.24, 2.45) is 0 Å². The number of anilines is 1. The first-order chi connectivity index (χ1) is 9.11. The normalized spacial score (nSPS) is 9.74. The number of carbonyl (C=O) groups excluding carboxylic acids is 1. The fourth-order valence-electron chi connectivity index (χ4n) is 1.72. The van der Waals surface area contributed by atoms with E-state index in [1.807, 2.05) is 19.1 Å². The van der Waals surface area contributed by atoms with Gasteiger partial charge in [-0.1, -0.05) is 28.1 Å². The lowest BCUT2D eigenvalue weighted by Crippen LogP contribution is -2.13. The smallest absolute Gasteiger partial charge is 0.255 e. The maximum Gasteiger partial charge on any atom is 0.255 e. The summed E-state index contributed by atoms with van der Waals surface area (Å²) in [5, 5.41) is 11.9. The van der Waals surface area contributed by atoms with Gasteiger partial charge in [0.05, 0.1) is 11.3 Å². The number of nitriles is 1. The highest BCUT2D eigenvalue weighted by molar-refractivity contribution is 9.10. The van der Waals surface area contributed by atoms with Crippen LogP contribution in [0.3, 0.4) is 0 Å². The predicted molar refractivity (Wildman–Crippen MR) is 78.0 cm³/mol. The van der Waals surface area contributed by atoms with Gasteiger partial charge in [0.15, 0.2) is 0 Å². The third kappa shape index (κ3) is 3.01. The molecule has 2 rings (SSSR count). The number of rotatable bonds is 2. The van der Waals surface area contributed by atoms with Crippen LogP contribution in [0.1, 0.15) is 21.5 Å². The van der Waals surface area contributed by atoms with Crippen LogP contribution in [0.25, 0.3) is 0 Å². The summed E-state index contributed by atoms with van der Waals surface area (Å²) in [5.74, 6) is -0.227. The number of halogens is 1. The summed E-state index contributed by atoms with van der Waals surface area (Å²) in [7, 11) is 0. The lowest BCUT2D eigenvalue weighted by Gasteiger charge is -2.08. The molecule has 1 amide bonds. The first-order valence-corrected chi connectivity index (χ1v) is 6.48. The Morgan fingerprint density at radius 1 is 1.21 bits per heavy atom. The van der Waals surface area contributed by atoms with E-state index in [4.69, 9.17) is 5.26 Å². The summed E-state index contributed by atoms with van der Waals surface area (Å²) in [6, 6.07) is 14.5. The van der Waals surface area contributed by atoms with Crippen molar-refractivity contribution >= 4 is 27.5 Å². The van der Waals surface area contributed by atoms with Crippen LogP contribution in [-0.4, -0.2) is 5.91 Å². The number of nitrogens with one attached hydrogen (secondary N) is 1. The minimum Gasteiger partial charge on any atom is -0.321 e. The van der Waals surface area contributed by atoms with Crippen molar-refractivity contribution in [1.82, 2.24) is 0 Å². The summed E-state index contributed by atoms with van der Waals surface area (Å²) in [6.45, 7) is 1.84. The van der Waals surface area contributed by atoms with Gasteiger partial charge in [-0.2, -0.15) is 5.26 Å². The third-order valence-electron chi connectivity index (χ3n) is 2.74. The second-order valence-corrected chi connectivity index (χ2v) is 4.99. The van der Waals surface area contributed by atoms with Crippen molar-refractivity contribution in [3.8, 4) is 6.07 Å². The molecular weight excluding hydrogens is 304 g/mol. The number of nitrogens with zero attached hydrogens (tertiary/aromatic N) is 1. The molecule has 1 N–H and O–H groups in total. The van der Waals surface area contributed by atoms with Gasteiger partial charge in [-0.25, -0.2) is 0 Å². The molecule has 0 aliphatic rings. The van der Waals surface area contributed by atoms with E-state index >= 15 is 0 Å². The van der Waals surface area contributed by atoms with E-state index in [2.05, 4.69) is 27.3 Å². The lowest BCUT2D eigenvalue weighted by molar-refractivity contribution is 0.102. The van der Waals surface area contributed by atoms with E-state index in [-0.39, 0.29) is 5.91 Å². The fourth-order valence-corrected chi connectivity index (χ4v) is 1.98. The van der Waals surface area contributed by atoms with E-state index in [0.29, 0.717) is 16.8 Å². The van der Waals surface area contributed by atoms with Gasteiger partial charge in [-0.15, -0.1) is 0 Å². The molecule has 0 saturated heterocycles. The van der Waals surface area contributed by atoms with Gasteiger partial charge in [-0.3, -0.25) is 4.79 Å². The van der Waals surface area contributed by atoms with Crippen molar-refractivity contribution in [1.29, 1.82) is 5.26 Å². The van der Waals surface area contributed by atoms with E-state index in [9.17, 15) is 4.79 Å². The first-order valence-electron chi connectivity index (χ1n) is 5.68. The van der Waals surface area contributed by atoms with E-state index in [1.54, 1.807) is 30.3 Å². The Bertz CT molecular complexity index is 657. The van der Waals surface area contributed by atoms with Gasteiger partial charge in [0.1, 0.15) is 6.07 Å². The van der Waals surface area contributed by atoms with Gasteiger partial charge in [-0.05, 0) is 42.8 Å². The molecule has 3 nitrogen and oxygen atoms in total. The van der Waals surface area contributed by atoms with Gasteiger partial charge in [0, 0.05) is 10.0 Å². The molecular formula is C15H11BrN2O. The molecule has 2 aromatic rings. The molecule has 0 unspecified atom stereocenters. The number of hydrogen-bond acceptors (Lipinski definition) is 2. The number of hydrogen-bond donors (Lipinski definition) is 1. The predicted octanol–water partition coefficient (Wildman–Crippen LogP) is 3.88. The highest BCUT2D eigenvalue weighted by Gasteiger charge is 2.10. The Morgan fingerprint density at radius 3 is 2.53 bits per heavy atom. The summed E-state index contributed by atoms with van der Waals surface area (Å²) in [6.07, 6.45) is 0. The largest absolute Gasteiger partial charge is 0.321 e. The van der Waals surface area contributed by atoms with Crippen LogP contribution >= 0.6 is 15.9 Å². The Hall–Kier alpha value is -2.12. The highest BCUT2D eigenvalue weighted by Crippen LogP contribution is 2.19. The molecule has 0 aromatic heterocycles. The Labute approximate surface area is 120 Å². The van der Waals surface area contributed by atoms with Gasteiger partial charge in [0.2, 0.25) is 0 Å². The Balaban J connectivity index is 2.27. The lowest BCUT2D eigenvalue weighted by atomic mass is 10.1. The third-order valence-corrected chi connectivity index (χ3v) is 3.27. The maximum atomic E-state index is 12.1. The molecule has 19 heavy (non-hydrogen) atoms. The molecule has 4 heteroatoms. The maximum absolute atomic E-state index is 12.1. The Morgan fingerprint density at radius 2 is 1.89 bits per heavy atom. The van der Waals surface area contributed by atoms with Gasteiger partial charge >= 0.3 is 0 Å². The first kappa shape index (κ1) is 13.3. The van der Waals surface area contributed by atoms with Crippen molar-refractivity contribution in [2.45, 2.75) is 6.92 Å². The molecule has 0 saturated carbocycles. The number of amides is 1. The van der Waals surface area contributed by atoms with E-state index in [1.165, 1.54) is 0 Å². The topological polar surface area (TPSA) is 52.9 Å². The molecule has 0 fully saturated rings. The standard InChI is InChI=1S/C15H11BrN2O/c1-10-3-2-4-14(13(10)9-17)18-15(19)11-5-7-12(16)8-6-11/h2-8H,1H3,(H,18,19). The van der Waals surface area contributed by atoms with Crippen molar-refractivity contribution < 1.29 is 4.79 Å². The van der Waals surface area contributed by atoms with Crippen LogP contribution in [0.4, 0.5) is 5.69 Å². The van der Waals surface area contributed by atoms with E-state index in [0.717, 1.165) is 10.0 Å². The average Bonchev–Trinajstić information content (AvgIpc) is 2.39. The molecule has 0 aliphatic carbocycles. The summed E-state index contributed by atoms with van der Waals surface area (Å²) in [5.41, 5.74) is 2.42. The van der Waals surface area contributed by atoms with Crippen LogP contribution in [0.15, 0.2) is 46.9 Å². The molecule has 0 radical (unpaired) electrons. The minimum absolute atomic E-state index is 0.227. The van der Waals surface area contributed by atoms with Crippen molar-refractivity contribution in [3.05, 3.63) is 63.6 Å². The zero-order valence-corrected chi connectivity index (χ0v) is 11.9. The molecule has 0 spiro atoms. The Kier molecular flexibility index (Phi) is 3.98. The summed E-state index contributed by atoms with van der Waals surface area (Å²) >= 11 is 3.32. The SMILES string of the molecule is Cc1cccc(NC(=O)c2ccc(Br)cc2)c1C#N. The van der Waals surface area contributed by atoms with Crippen LogP contribution in [0, 0.1) is 18.3 Å². The molecule has 0 bridgehead atoms. The zero-order valence-electron chi connectivity index (χ0n) is 10.3. The molecule has 0 heterocycles. The minimum atomic E-state index is -0.227. The summed E-state index contributed by atoms with van der Waals surface area (Å²) < 4.78 is 0.914. The molecule has 0 atom stereocenters. The number of benzene rings is 2. The quantitative estimate of drug-likeness (QED) is 0.914. The zero-order chi connectivity index (χ0) is 13.8. The van der Waals surface area contributed by atoms with Crippen LogP contribution in [0.2, 0.25) is 0 Å². The van der Waals surface area contributed by atoms with Crippen molar-refractivity contribution in [3.63, 3.8) is 0 Å². The molecule has 0 aliphatic heterocycles. The second kappa shape index (κ2) is 5.68. The second-order valence-electron chi connectivity index (χ2n) is 4.07. The fraction of sp³-hybridized carbons (Fsp3) is 0.0667. The van der Waals surface area contributed by atoms with Gasteiger partial charge in [0.25, 0.3) is 5.91 Å². The number of aryl methyl sites for hydroxylation is 1. The average molecular weight is 315 g/mol. The monoisotopic (exact) mass is 314 g/mol. The number of carbonyl (C=O) groups is 1. The molecule has 94 valence electrons. The van der Waals surface area contributed by atoms with Gasteiger partial charge < -0.3 is 5.32 Å². The van der Waals surface area contributed by atoms with Crippen molar-refractivity contribution in [2.75, 3.05) is 5.32 Å². The van der Waals surface area contributed by atoms with Crippen LogP contribution in [-0.2, 0) is 0 Å². The van der Waals surface area contributed by atoms with Crippen LogP contribution < -0.4 is 5.32 Å². The molecule has 2 aromatic carbocycles. The van der Waals surface area contributed by atoms with Crippen LogP contribution in [0.5, 0.6) is 0 Å². The highest BCUT2D eigenvalue weighted by atomic mass is 79.9.